The molecule has 0 saturated carbocycles. The third-order valence-electron chi connectivity index (χ3n) is 3.97. The number of amides is 1. The number of hydrogen-bond acceptors (Lipinski definition) is 6. The first kappa shape index (κ1) is 19.6. The number of rotatable bonds is 6. The van der Waals surface area contributed by atoms with Crippen molar-refractivity contribution < 1.29 is 9.53 Å². The van der Waals surface area contributed by atoms with Crippen molar-refractivity contribution in [1.82, 2.24) is 4.98 Å². The van der Waals surface area contributed by atoms with Crippen molar-refractivity contribution in [1.29, 1.82) is 0 Å². The predicted octanol–water partition coefficient (Wildman–Crippen LogP) is 5.77. The second-order valence-electron chi connectivity index (χ2n) is 6.18. The van der Waals surface area contributed by atoms with Crippen LogP contribution in [0, 0.1) is 6.92 Å². The third-order valence-corrected chi connectivity index (χ3v) is 6.02. The van der Waals surface area contributed by atoms with Gasteiger partial charge in [0.15, 0.2) is 6.61 Å². The Balaban J connectivity index is 1.59. The second kappa shape index (κ2) is 8.73. The molecule has 0 saturated heterocycles. The van der Waals surface area contributed by atoms with E-state index in [-0.39, 0.29) is 12.5 Å². The van der Waals surface area contributed by atoms with E-state index < -0.39 is 0 Å². The van der Waals surface area contributed by atoms with Gasteiger partial charge >= 0.3 is 0 Å². The van der Waals surface area contributed by atoms with Crippen molar-refractivity contribution in [2.45, 2.75) is 6.92 Å². The van der Waals surface area contributed by atoms with Gasteiger partial charge in [0.05, 0.1) is 16.4 Å². The van der Waals surface area contributed by atoms with E-state index in [0.29, 0.717) is 15.9 Å². The van der Waals surface area contributed by atoms with Crippen LogP contribution in [-0.4, -0.2) is 23.7 Å². The molecule has 2 aromatic heterocycles. The highest BCUT2D eigenvalue weighted by molar-refractivity contribution is 7.22. The summed E-state index contributed by atoms with van der Waals surface area (Å²) in [5.41, 5.74) is 1.97. The molecule has 0 radical (unpaired) electrons. The lowest BCUT2D eigenvalue weighted by Gasteiger charge is -2.14. The predicted molar refractivity (Wildman–Crippen MR) is 121 cm³/mol. The largest absolute Gasteiger partial charge is 0.484 e. The fourth-order valence-electron chi connectivity index (χ4n) is 2.55. The maximum atomic E-state index is 12.9. The second-order valence-corrected chi connectivity index (χ2v) is 8.60. The number of aryl methyl sites for hydroxylation is 1. The van der Waals surface area contributed by atoms with Crippen molar-refractivity contribution in [3.8, 4) is 5.75 Å². The minimum absolute atomic E-state index is 0.168. The molecule has 0 fully saturated rings. The topological polar surface area (TPSA) is 54.8 Å². The van der Waals surface area contributed by atoms with Crippen molar-refractivity contribution in [3.05, 3.63) is 75.4 Å². The maximum Gasteiger partial charge on any atom is 0.287 e. The van der Waals surface area contributed by atoms with E-state index in [9.17, 15) is 4.79 Å². The Bertz CT molecular complexity index is 1150. The molecule has 0 N–H and O–H groups in total. The van der Waals surface area contributed by atoms with Crippen LogP contribution in [-0.2, 0) is 4.79 Å². The Kier molecular flexibility index (Phi) is 5.89. The Labute approximate surface area is 180 Å². The monoisotopic (exact) mass is 441 g/mol. The van der Waals surface area contributed by atoms with Gasteiger partial charge in [-0.25, -0.2) is 4.98 Å². The number of anilines is 1. The highest BCUT2D eigenvalue weighted by atomic mass is 35.5. The number of carbonyl (C=O) groups is 1. The molecular formula is C21H16ClN3O2S2. The van der Waals surface area contributed by atoms with Gasteiger partial charge in [-0.2, -0.15) is 10.1 Å². The van der Waals surface area contributed by atoms with E-state index in [4.69, 9.17) is 16.3 Å². The summed E-state index contributed by atoms with van der Waals surface area (Å²) in [4.78, 5) is 18.4. The van der Waals surface area contributed by atoms with Crippen LogP contribution < -0.4 is 9.75 Å². The Morgan fingerprint density at radius 1 is 1.24 bits per heavy atom. The van der Waals surface area contributed by atoms with Crippen LogP contribution in [0.25, 0.3) is 10.2 Å². The fraction of sp³-hybridized carbons (Fsp3) is 0.0952. The Morgan fingerprint density at radius 2 is 2.07 bits per heavy atom. The van der Waals surface area contributed by atoms with Gasteiger partial charge in [-0.3, -0.25) is 4.79 Å². The average Bonchev–Trinajstić information content (AvgIpc) is 3.37. The van der Waals surface area contributed by atoms with Gasteiger partial charge in [0, 0.05) is 9.90 Å². The lowest BCUT2D eigenvalue weighted by atomic mass is 10.2. The van der Waals surface area contributed by atoms with E-state index in [1.54, 1.807) is 41.8 Å². The van der Waals surface area contributed by atoms with Crippen molar-refractivity contribution in [2.24, 2.45) is 5.10 Å². The molecule has 5 nitrogen and oxygen atoms in total. The van der Waals surface area contributed by atoms with E-state index in [1.807, 2.05) is 42.6 Å². The molecule has 0 unspecified atom stereocenters. The third kappa shape index (κ3) is 4.82. The molecule has 0 aliphatic heterocycles. The molecule has 29 heavy (non-hydrogen) atoms. The summed E-state index contributed by atoms with van der Waals surface area (Å²) in [5, 5.41) is 8.76. The van der Waals surface area contributed by atoms with E-state index in [2.05, 4.69) is 10.1 Å². The fourth-order valence-corrected chi connectivity index (χ4v) is 4.29. The minimum Gasteiger partial charge on any atom is -0.484 e. The minimum atomic E-state index is -0.316. The summed E-state index contributed by atoms with van der Waals surface area (Å²) in [6, 6.07) is 16.7. The van der Waals surface area contributed by atoms with Crippen LogP contribution in [0.3, 0.4) is 0 Å². The molecule has 4 rings (SSSR count). The molecule has 146 valence electrons. The molecule has 0 atom stereocenters. The zero-order valence-electron chi connectivity index (χ0n) is 15.4. The number of aromatic nitrogens is 1. The highest BCUT2D eigenvalue weighted by Gasteiger charge is 2.20. The Hall–Kier alpha value is -2.74. The van der Waals surface area contributed by atoms with Crippen LogP contribution in [0.2, 0.25) is 5.02 Å². The quantitative estimate of drug-likeness (QED) is 0.282. The lowest BCUT2D eigenvalue weighted by Crippen LogP contribution is -2.30. The number of hydrazone groups is 1. The molecule has 0 aliphatic rings. The van der Waals surface area contributed by atoms with Gasteiger partial charge in [0.2, 0.25) is 5.13 Å². The number of carbonyl (C=O) groups excluding carboxylic acids is 1. The van der Waals surface area contributed by atoms with Crippen molar-refractivity contribution >= 4 is 61.7 Å². The van der Waals surface area contributed by atoms with Crippen LogP contribution in [0.4, 0.5) is 5.13 Å². The first-order chi connectivity index (χ1) is 14.1. The standard InChI is InChI=1S/C21H16ClN3O2S2/c1-14-4-9-18-19(11-14)29-21(24-18)25(23-12-17-3-2-10-28-17)20(26)13-27-16-7-5-15(22)6-8-16/h2-12H,13H2,1H3/b23-12+. The van der Waals surface area contributed by atoms with Crippen molar-refractivity contribution in [3.63, 3.8) is 0 Å². The molecule has 8 heteroatoms. The molecule has 2 aromatic carbocycles. The number of fused-ring (bicyclic) bond motifs is 1. The van der Waals surface area contributed by atoms with E-state index >= 15 is 0 Å². The maximum absolute atomic E-state index is 12.9. The van der Waals surface area contributed by atoms with Gasteiger partial charge < -0.3 is 4.74 Å². The molecular weight excluding hydrogens is 426 g/mol. The summed E-state index contributed by atoms with van der Waals surface area (Å²) < 4.78 is 6.61. The van der Waals surface area contributed by atoms with Gasteiger partial charge in [-0.15, -0.1) is 11.3 Å². The summed E-state index contributed by atoms with van der Waals surface area (Å²) in [7, 11) is 0. The highest BCUT2D eigenvalue weighted by Crippen LogP contribution is 2.30. The molecule has 2 heterocycles. The number of thiazole rings is 1. The van der Waals surface area contributed by atoms with Crippen LogP contribution in [0.15, 0.2) is 65.1 Å². The Morgan fingerprint density at radius 3 is 2.83 bits per heavy atom. The van der Waals surface area contributed by atoms with Crippen LogP contribution in [0.5, 0.6) is 5.75 Å². The number of halogens is 1. The first-order valence-electron chi connectivity index (χ1n) is 8.74. The smallest absolute Gasteiger partial charge is 0.287 e. The molecule has 0 aliphatic carbocycles. The van der Waals surface area contributed by atoms with Crippen LogP contribution in [0.1, 0.15) is 10.4 Å². The number of nitrogens with zero attached hydrogens (tertiary/aromatic N) is 3. The molecule has 1 amide bonds. The SMILES string of the molecule is Cc1ccc2nc(N(/N=C/c3cccs3)C(=O)COc3ccc(Cl)cc3)sc2c1. The number of ether oxygens (including phenoxy) is 1. The van der Waals surface area contributed by atoms with E-state index in [0.717, 1.165) is 20.7 Å². The summed E-state index contributed by atoms with van der Waals surface area (Å²) in [6.07, 6.45) is 1.65. The van der Waals surface area contributed by atoms with Gasteiger partial charge in [-0.05, 0) is 60.3 Å². The van der Waals surface area contributed by atoms with Gasteiger partial charge in [0.1, 0.15) is 5.75 Å². The number of thiophene rings is 1. The molecule has 4 aromatic rings. The van der Waals surface area contributed by atoms with Crippen LogP contribution >= 0.6 is 34.3 Å². The number of benzene rings is 2. The summed E-state index contributed by atoms with van der Waals surface area (Å²) >= 11 is 8.85. The average molecular weight is 442 g/mol. The lowest BCUT2D eigenvalue weighted by molar-refractivity contribution is -0.120. The normalized spacial score (nSPS) is 11.2. The number of hydrogen-bond donors (Lipinski definition) is 0. The van der Waals surface area contributed by atoms with Gasteiger partial charge in [-0.1, -0.05) is 35.1 Å². The first-order valence-corrected chi connectivity index (χ1v) is 10.8. The van der Waals surface area contributed by atoms with E-state index in [1.165, 1.54) is 16.3 Å². The van der Waals surface area contributed by atoms with Gasteiger partial charge in [0.25, 0.3) is 5.91 Å². The zero-order valence-corrected chi connectivity index (χ0v) is 17.8. The summed E-state index contributed by atoms with van der Waals surface area (Å²) in [6.45, 7) is 1.86. The molecule has 0 bridgehead atoms. The summed E-state index contributed by atoms with van der Waals surface area (Å²) in [5.74, 6) is 0.244. The van der Waals surface area contributed by atoms with Crippen molar-refractivity contribution in [2.75, 3.05) is 11.6 Å². The molecule has 0 spiro atoms. The zero-order chi connectivity index (χ0) is 20.2.